The number of carbonyl (C=O) groups is 2. The maximum Gasteiger partial charge on any atom is 0.407 e. The minimum absolute atomic E-state index is 0.253. The molecule has 8 nitrogen and oxygen atoms in total. The average molecular weight is 506 g/mol. The SMILES string of the molecule is Cc1ccc(-c2c(CNC(=O)OC(C)(C)C)c(CC(C)C)nc3ccc(/C=N/OCC(=O)O)cc23)cc1. The van der Waals surface area contributed by atoms with Gasteiger partial charge in [-0.25, -0.2) is 9.59 Å². The van der Waals surface area contributed by atoms with E-state index in [4.69, 9.17) is 19.7 Å². The summed E-state index contributed by atoms with van der Waals surface area (Å²) in [6.45, 7) is 11.5. The molecule has 3 rings (SSSR count). The molecule has 8 heteroatoms. The van der Waals surface area contributed by atoms with Crippen molar-refractivity contribution in [2.24, 2.45) is 11.1 Å². The molecule has 0 radical (unpaired) electrons. The highest BCUT2D eigenvalue weighted by Gasteiger charge is 2.21. The maximum atomic E-state index is 12.5. The minimum Gasteiger partial charge on any atom is -0.479 e. The van der Waals surface area contributed by atoms with E-state index in [9.17, 15) is 9.59 Å². The van der Waals surface area contributed by atoms with Crippen LogP contribution in [0, 0.1) is 12.8 Å². The normalized spacial score (nSPS) is 11.8. The number of carbonyl (C=O) groups excluding carboxylic acids is 1. The zero-order chi connectivity index (χ0) is 27.2. The van der Waals surface area contributed by atoms with Crippen molar-refractivity contribution in [3.8, 4) is 11.1 Å². The number of aryl methyl sites for hydroxylation is 1. The Morgan fingerprint density at radius 1 is 1.14 bits per heavy atom. The number of rotatable bonds is 9. The van der Waals surface area contributed by atoms with Gasteiger partial charge in [-0.2, -0.15) is 0 Å². The van der Waals surface area contributed by atoms with Crippen LogP contribution in [0.5, 0.6) is 0 Å². The lowest BCUT2D eigenvalue weighted by Gasteiger charge is -2.22. The Kier molecular flexibility index (Phi) is 8.86. The van der Waals surface area contributed by atoms with Crippen LogP contribution in [0.3, 0.4) is 0 Å². The lowest BCUT2D eigenvalue weighted by molar-refractivity contribution is -0.142. The van der Waals surface area contributed by atoms with Gasteiger partial charge in [-0.05, 0) is 68.9 Å². The number of benzene rings is 2. The van der Waals surface area contributed by atoms with E-state index >= 15 is 0 Å². The van der Waals surface area contributed by atoms with Crippen LogP contribution in [0.25, 0.3) is 22.0 Å². The van der Waals surface area contributed by atoms with Crippen LogP contribution in [-0.2, 0) is 27.3 Å². The summed E-state index contributed by atoms with van der Waals surface area (Å²) in [5.41, 5.74) is 5.89. The summed E-state index contributed by atoms with van der Waals surface area (Å²) >= 11 is 0. The smallest absolute Gasteiger partial charge is 0.407 e. The number of alkyl carbamates (subject to hydrolysis) is 1. The third-order valence-electron chi connectivity index (χ3n) is 5.41. The average Bonchev–Trinajstić information content (AvgIpc) is 2.79. The van der Waals surface area contributed by atoms with E-state index in [-0.39, 0.29) is 6.54 Å². The van der Waals surface area contributed by atoms with Gasteiger partial charge in [0.15, 0.2) is 0 Å². The Morgan fingerprint density at radius 3 is 2.46 bits per heavy atom. The highest BCUT2D eigenvalue weighted by molar-refractivity contribution is 5.99. The van der Waals surface area contributed by atoms with Crippen LogP contribution >= 0.6 is 0 Å². The molecule has 0 atom stereocenters. The number of hydrogen-bond donors (Lipinski definition) is 2. The zero-order valence-electron chi connectivity index (χ0n) is 22.3. The van der Waals surface area contributed by atoms with Crippen molar-refractivity contribution >= 4 is 29.2 Å². The third kappa shape index (κ3) is 8.03. The number of amides is 1. The molecule has 0 aliphatic heterocycles. The molecule has 3 aromatic rings. The number of aliphatic carboxylic acids is 1. The van der Waals surface area contributed by atoms with Crippen molar-refractivity contribution in [1.82, 2.24) is 10.3 Å². The Hall–Kier alpha value is -3.94. The predicted molar refractivity (Wildman–Crippen MR) is 145 cm³/mol. The molecule has 0 aliphatic carbocycles. The Balaban J connectivity index is 2.16. The Labute approximate surface area is 217 Å². The van der Waals surface area contributed by atoms with Crippen LogP contribution in [-0.4, -0.2) is 40.6 Å². The summed E-state index contributed by atoms with van der Waals surface area (Å²) in [6.07, 6.45) is 1.73. The molecule has 196 valence electrons. The van der Waals surface area contributed by atoms with Gasteiger partial charge < -0.3 is 20.0 Å². The molecule has 1 amide bonds. The molecule has 0 fully saturated rings. The number of nitrogens with one attached hydrogen (secondary N) is 1. The lowest BCUT2D eigenvalue weighted by atomic mass is 9.90. The van der Waals surface area contributed by atoms with Crippen molar-refractivity contribution in [3.63, 3.8) is 0 Å². The lowest BCUT2D eigenvalue weighted by Crippen LogP contribution is -2.32. The summed E-state index contributed by atoms with van der Waals surface area (Å²) in [7, 11) is 0. The van der Waals surface area contributed by atoms with Gasteiger partial charge in [0, 0.05) is 23.2 Å². The number of carboxylic acids is 1. The second kappa shape index (κ2) is 11.9. The molecule has 0 aliphatic rings. The fraction of sp³-hybridized carbons (Fsp3) is 0.379. The first-order valence-corrected chi connectivity index (χ1v) is 12.3. The van der Waals surface area contributed by atoms with Gasteiger partial charge in [0.25, 0.3) is 0 Å². The molecule has 2 aromatic carbocycles. The molecule has 0 bridgehead atoms. The van der Waals surface area contributed by atoms with Gasteiger partial charge in [0.2, 0.25) is 6.61 Å². The van der Waals surface area contributed by atoms with Crippen molar-refractivity contribution < 1.29 is 24.3 Å². The molecular weight excluding hydrogens is 470 g/mol. The van der Waals surface area contributed by atoms with Gasteiger partial charge in [0.1, 0.15) is 5.60 Å². The van der Waals surface area contributed by atoms with Gasteiger partial charge in [-0.1, -0.05) is 54.9 Å². The summed E-state index contributed by atoms with van der Waals surface area (Å²) in [5, 5.41) is 16.3. The van der Waals surface area contributed by atoms with E-state index in [2.05, 4.69) is 48.6 Å². The van der Waals surface area contributed by atoms with Crippen molar-refractivity contribution in [3.05, 3.63) is 64.8 Å². The van der Waals surface area contributed by atoms with Crippen LogP contribution in [0.4, 0.5) is 4.79 Å². The number of oxime groups is 1. The first kappa shape index (κ1) is 27.6. The molecule has 1 heterocycles. The van der Waals surface area contributed by atoms with Crippen molar-refractivity contribution in [2.75, 3.05) is 6.61 Å². The van der Waals surface area contributed by atoms with E-state index in [1.807, 2.05) is 45.9 Å². The summed E-state index contributed by atoms with van der Waals surface area (Å²) < 4.78 is 5.48. The van der Waals surface area contributed by atoms with Crippen molar-refractivity contribution in [2.45, 2.75) is 60.1 Å². The number of hydrogen-bond acceptors (Lipinski definition) is 6. The van der Waals surface area contributed by atoms with Gasteiger partial charge in [-0.3, -0.25) is 4.98 Å². The van der Waals surface area contributed by atoms with Gasteiger partial charge in [0.05, 0.1) is 11.7 Å². The molecule has 2 N–H and O–H groups in total. The molecule has 0 spiro atoms. The Morgan fingerprint density at radius 2 is 1.84 bits per heavy atom. The zero-order valence-corrected chi connectivity index (χ0v) is 22.3. The molecule has 37 heavy (non-hydrogen) atoms. The fourth-order valence-electron chi connectivity index (χ4n) is 3.91. The number of carboxylic acid groups (broad SMARTS) is 1. The first-order valence-electron chi connectivity index (χ1n) is 12.3. The topological polar surface area (TPSA) is 110 Å². The van der Waals surface area contributed by atoms with E-state index in [1.54, 1.807) is 0 Å². The molecule has 1 aromatic heterocycles. The minimum atomic E-state index is -1.10. The second-order valence-corrected chi connectivity index (χ2v) is 10.4. The number of fused-ring (bicyclic) bond motifs is 1. The van der Waals surface area contributed by atoms with E-state index in [0.717, 1.165) is 50.8 Å². The quantitative estimate of drug-likeness (QED) is 0.278. The fourth-order valence-corrected chi connectivity index (χ4v) is 3.91. The molecule has 0 saturated carbocycles. The summed E-state index contributed by atoms with van der Waals surface area (Å²) in [4.78, 5) is 33.1. The highest BCUT2D eigenvalue weighted by atomic mass is 16.6. The monoisotopic (exact) mass is 505 g/mol. The predicted octanol–water partition coefficient (Wildman–Crippen LogP) is 5.87. The highest BCUT2D eigenvalue weighted by Crippen LogP contribution is 2.35. The van der Waals surface area contributed by atoms with Crippen LogP contribution in [0.15, 0.2) is 47.6 Å². The van der Waals surface area contributed by atoms with Crippen LogP contribution in [0.2, 0.25) is 0 Å². The standard InChI is InChI=1S/C29H35N3O5/c1-18(2)13-25-23(16-30-28(35)37-29(4,5)6)27(21-10-7-19(3)8-11-21)22-14-20(9-12-24(22)32-25)15-31-36-17-26(33)34/h7-12,14-15,18H,13,16-17H2,1-6H3,(H,30,35)(H,33,34)/b31-15+. The van der Waals surface area contributed by atoms with Crippen LogP contribution in [0.1, 0.15) is 57.0 Å². The van der Waals surface area contributed by atoms with Crippen molar-refractivity contribution in [1.29, 1.82) is 0 Å². The number of aromatic nitrogens is 1. The van der Waals surface area contributed by atoms with Gasteiger partial charge >= 0.3 is 12.1 Å². The van der Waals surface area contributed by atoms with Gasteiger partial charge in [-0.15, -0.1) is 0 Å². The maximum absolute atomic E-state index is 12.5. The van der Waals surface area contributed by atoms with E-state index in [1.165, 1.54) is 6.21 Å². The summed E-state index contributed by atoms with van der Waals surface area (Å²) in [6, 6.07) is 14.0. The molecular formula is C29H35N3O5. The summed E-state index contributed by atoms with van der Waals surface area (Å²) in [5.74, 6) is -0.741. The number of nitrogens with zero attached hydrogens (tertiary/aromatic N) is 2. The largest absolute Gasteiger partial charge is 0.479 e. The van der Waals surface area contributed by atoms with E-state index in [0.29, 0.717) is 5.92 Å². The third-order valence-corrected chi connectivity index (χ3v) is 5.41. The Bertz CT molecular complexity index is 1290. The number of ether oxygens (including phenoxy) is 1. The van der Waals surface area contributed by atoms with E-state index < -0.39 is 24.3 Å². The molecule has 0 unspecified atom stereocenters. The number of pyridine rings is 1. The second-order valence-electron chi connectivity index (χ2n) is 10.4. The first-order chi connectivity index (χ1) is 17.4. The molecule has 0 saturated heterocycles. The van der Waals surface area contributed by atoms with Crippen LogP contribution < -0.4 is 5.32 Å².